The zero-order valence-corrected chi connectivity index (χ0v) is 23.7. The maximum Gasteiger partial charge on any atom is 0.304 e. The van der Waals surface area contributed by atoms with E-state index >= 15 is 0 Å². The molecule has 5 rings (SSSR count). The molecule has 3 aliphatic rings. The van der Waals surface area contributed by atoms with Gasteiger partial charge in [-0.25, -0.2) is 8.42 Å². The van der Waals surface area contributed by atoms with Gasteiger partial charge in [0, 0.05) is 22.0 Å². The summed E-state index contributed by atoms with van der Waals surface area (Å²) in [6.07, 6.45) is 3.51. The van der Waals surface area contributed by atoms with Crippen LogP contribution in [0.3, 0.4) is 0 Å². The van der Waals surface area contributed by atoms with Gasteiger partial charge in [0.05, 0.1) is 29.4 Å². The fraction of sp³-hybridized carbons (Fsp3) is 0.517. The van der Waals surface area contributed by atoms with Crippen molar-refractivity contribution in [1.29, 1.82) is 0 Å². The standard InChI is InChI=1S/C29H33Cl2NO5S/c1-29(15-26(33)34)14-24(21-3-2-4-23(31)13-21)27(20-9-11-22(30)12-10-20)32(28(29)35)25(19-7-8-19)17-38(36,37)16-18-5-6-18/h2-4,9-13,18-19,24-25,27H,5-8,14-17H2,1H3,(H,33,34)/t24-,25-,27-,29+/m1/s1. The van der Waals surface area contributed by atoms with Crippen molar-refractivity contribution in [2.75, 3.05) is 11.5 Å². The van der Waals surface area contributed by atoms with Crippen LogP contribution in [0, 0.1) is 17.3 Å². The highest BCUT2D eigenvalue weighted by Gasteiger charge is 2.55. The molecule has 38 heavy (non-hydrogen) atoms. The molecule has 2 aromatic carbocycles. The molecule has 0 unspecified atom stereocenters. The van der Waals surface area contributed by atoms with Crippen LogP contribution in [0.5, 0.6) is 0 Å². The summed E-state index contributed by atoms with van der Waals surface area (Å²) in [6.45, 7) is 1.70. The maximum absolute atomic E-state index is 14.4. The number of carbonyl (C=O) groups excluding carboxylic acids is 1. The molecule has 3 fully saturated rings. The number of sulfone groups is 1. The molecular weight excluding hydrogens is 545 g/mol. The Morgan fingerprint density at radius 3 is 2.32 bits per heavy atom. The normalized spacial score (nSPS) is 26.8. The topological polar surface area (TPSA) is 91.8 Å². The smallest absolute Gasteiger partial charge is 0.304 e. The molecule has 1 aliphatic heterocycles. The van der Waals surface area contributed by atoms with Crippen LogP contribution in [0.4, 0.5) is 0 Å². The van der Waals surface area contributed by atoms with E-state index in [1.165, 1.54) is 0 Å². The van der Waals surface area contributed by atoms with E-state index in [2.05, 4.69) is 0 Å². The van der Waals surface area contributed by atoms with Gasteiger partial charge >= 0.3 is 5.97 Å². The number of likely N-dealkylation sites (tertiary alicyclic amines) is 1. The van der Waals surface area contributed by atoms with Gasteiger partial charge in [0.25, 0.3) is 0 Å². The third-order valence-electron chi connectivity index (χ3n) is 8.27. The highest BCUT2D eigenvalue weighted by Crippen LogP contribution is 2.54. The van der Waals surface area contributed by atoms with Crippen LogP contribution in [-0.4, -0.2) is 47.8 Å². The first kappa shape index (κ1) is 27.5. The molecule has 204 valence electrons. The maximum atomic E-state index is 14.4. The van der Waals surface area contributed by atoms with Crippen molar-refractivity contribution in [3.05, 3.63) is 69.7 Å². The number of nitrogens with zero attached hydrogens (tertiary/aromatic N) is 1. The van der Waals surface area contributed by atoms with E-state index in [0.717, 1.165) is 36.8 Å². The second-order valence-corrected chi connectivity index (χ2v) is 14.7. The summed E-state index contributed by atoms with van der Waals surface area (Å²) in [5.41, 5.74) is 0.534. The van der Waals surface area contributed by atoms with E-state index in [1.807, 2.05) is 30.3 Å². The van der Waals surface area contributed by atoms with Gasteiger partial charge < -0.3 is 10.0 Å². The fourth-order valence-corrected chi connectivity index (χ4v) is 8.61. The van der Waals surface area contributed by atoms with E-state index in [0.29, 0.717) is 16.5 Å². The lowest BCUT2D eigenvalue weighted by molar-refractivity contribution is -0.160. The summed E-state index contributed by atoms with van der Waals surface area (Å²) in [4.78, 5) is 28.1. The van der Waals surface area contributed by atoms with Gasteiger partial charge in [-0.15, -0.1) is 0 Å². The Kier molecular flexibility index (Phi) is 7.57. The van der Waals surface area contributed by atoms with Crippen LogP contribution < -0.4 is 0 Å². The molecule has 4 atom stereocenters. The minimum atomic E-state index is -3.41. The lowest BCUT2D eigenvalue weighted by atomic mass is 9.67. The number of carboxylic acids is 1. The van der Waals surface area contributed by atoms with Crippen molar-refractivity contribution in [1.82, 2.24) is 4.90 Å². The highest BCUT2D eigenvalue weighted by atomic mass is 35.5. The van der Waals surface area contributed by atoms with Gasteiger partial charge in [0.1, 0.15) is 0 Å². The SMILES string of the molecule is C[C@@]1(CC(=O)O)C[C@H](c2cccc(Cl)c2)[C@@H](c2ccc(Cl)cc2)N([C@H](CS(=O)(=O)CC2CC2)C2CC2)C1=O. The number of amides is 1. The Balaban J connectivity index is 1.65. The first-order valence-corrected chi connectivity index (χ1v) is 15.8. The van der Waals surface area contributed by atoms with Crippen molar-refractivity contribution in [3.63, 3.8) is 0 Å². The molecule has 1 N–H and O–H groups in total. The number of piperidine rings is 1. The zero-order valence-electron chi connectivity index (χ0n) is 21.4. The van der Waals surface area contributed by atoms with E-state index < -0.39 is 33.3 Å². The average molecular weight is 579 g/mol. The largest absolute Gasteiger partial charge is 0.481 e. The third-order valence-corrected chi connectivity index (χ3v) is 10.6. The van der Waals surface area contributed by atoms with Crippen LogP contribution in [0.1, 0.15) is 68.5 Å². The number of carboxylic acid groups (broad SMARTS) is 1. The van der Waals surface area contributed by atoms with Crippen LogP contribution in [0.25, 0.3) is 0 Å². The molecule has 1 amide bonds. The Hall–Kier alpha value is -2.09. The Bertz CT molecular complexity index is 1320. The quantitative estimate of drug-likeness (QED) is 0.366. The Morgan fingerprint density at radius 2 is 1.74 bits per heavy atom. The average Bonchev–Trinajstić information content (AvgIpc) is 3.75. The summed E-state index contributed by atoms with van der Waals surface area (Å²) in [5, 5.41) is 10.9. The fourth-order valence-electron chi connectivity index (χ4n) is 6.14. The lowest BCUT2D eigenvalue weighted by Gasteiger charge is -2.52. The molecular formula is C29H33Cl2NO5S. The molecule has 2 aliphatic carbocycles. The summed E-state index contributed by atoms with van der Waals surface area (Å²) in [6, 6.07) is 13.7. The van der Waals surface area contributed by atoms with Gasteiger partial charge in [0.2, 0.25) is 5.91 Å². The number of benzene rings is 2. The van der Waals surface area contributed by atoms with Crippen LogP contribution in [0.15, 0.2) is 48.5 Å². The summed E-state index contributed by atoms with van der Waals surface area (Å²) in [7, 11) is -3.41. The molecule has 1 heterocycles. The van der Waals surface area contributed by atoms with Crippen molar-refractivity contribution in [2.45, 2.75) is 63.5 Å². The van der Waals surface area contributed by atoms with Crippen LogP contribution in [-0.2, 0) is 19.4 Å². The number of aliphatic carboxylic acids is 1. The molecule has 6 nitrogen and oxygen atoms in total. The van der Waals surface area contributed by atoms with Gasteiger partial charge in [-0.05, 0) is 79.3 Å². The van der Waals surface area contributed by atoms with Crippen molar-refractivity contribution >= 4 is 44.9 Å². The van der Waals surface area contributed by atoms with Crippen LogP contribution >= 0.6 is 23.2 Å². The lowest BCUT2D eigenvalue weighted by Crippen LogP contribution is -2.58. The number of halogens is 2. The molecule has 2 aromatic rings. The van der Waals surface area contributed by atoms with E-state index in [4.69, 9.17) is 23.2 Å². The van der Waals surface area contributed by atoms with E-state index in [1.54, 1.807) is 30.0 Å². The van der Waals surface area contributed by atoms with E-state index in [-0.39, 0.29) is 41.6 Å². The molecule has 9 heteroatoms. The second kappa shape index (κ2) is 10.5. The minimum absolute atomic E-state index is 0.0647. The highest BCUT2D eigenvalue weighted by molar-refractivity contribution is 7.91. The summed E-state index contributed by atoms with van der Waals surface area (Å²) in [5.74, 6) is -1.32. The van der Waals surface area contributed by atoms with Gasteiger partial charge in [-0.2, -0.15) is 0 Å². The first-order valence-electron chi connectivity index (χ1n) is 13.2. The Morgan fingerprint density at radius 1 is 1.05 bits per heavy atom. The van der Waals surface area contributed by atoms with Gasteiger partial charge in [-0.3, -0.25) is 9.59 Å². The first-order chi connectivity index (χ1) is 18.0. The molecule has 0 radical (unpaired) electrons. The number of rotatable bonds is 10. The van der Waals surface area contributed by atoms with Gasteiger partial charge in [0.15, 0.2) is 9.84 Å². The molecule has 0 spiro atoms. The molecule has 2 saturated carbocycles. The Labute approximate surface area is 234 Å². The van der Waals surface area contributed by atoms with Gasteiger partial charge in [-0.1, -0.05) is 54.4 Å². The van der Waals surface area contributed by atoms with Crippen molar-refractivity contribution < 1.29 is 23.1 Å². The summed E-state index contributed by atoms with van der Waals surface area (Å²) >= 11 is 12.6. The second-order valence-electron chi connectivity index (χ2n) is 11.6. The predicted octanol–water partition coefficient (Wildman–Crippen LogP) is 6.14. The van der Waals surface area contributed by atoms with E-state index in [9.17, 15) is 23.1 Å². The third kappa shape index (κ3) is 6.05. The van der Waals surface area contributed by atoms with Crippen LogP contribution in [0.2, 0.25) is 10.0 Å². The number of hydrogen-bond acceptors (Lipinski definition) is 4. The minimum Gasteiger partial charge on any atom is -0.481 e. The molecule has 1 saturated heterocycles. The van der Waals surface area contributed by atoms with Crippen molar-refractivity contribution in [2.24, 2.45) is 17.3 Å². The number of carbonyl (C=O) groups is 2. The zero-order chi connectivity index (χ0) is 27.2. The predicted molar refractivity (Wildman–Crippen MR) is 148 cm³/mol. The van der Waals surface area contributed by atoms with Crippen molar-refractivity contribution in [3.8, 4) is 0 Å². The summed E-state index contributed by atoms with van der Waals surface area (Å²) < 4.78 is 26.7. The molecule has 0 bridgehead atoms. The molecule has 0 aromatic heterocycles. The number of hydrogen-bond donors (Lipinski definition) is 1. The monoisotopic (exact) mass is 577 g/mol.